The van der Waals surface area contributed by atoms with Crippen LogP contribution in [-0.4, -0.2) is 25.8 Å². The van der Waals surface area contributed by atoms with Gasteiger partial charge in [0, 0.05) is 23.8 Å². The fourth-order valence-electron chi connectivity index (χ4n) is 3.36. The fourth-order valence-corrected chi connectivity index (χ4v) is 5.27. The monoisotopic (exact) mass is 314 g/mol. The fraction of sp³-hybridized carbons (Fsp3) is 0.571. The van der Waals surface area contributed by atoms with Crippen LogP contribution >= 0.6 is 11.6 Å². The quantitative estimate of drug-likeness (QED) is 0.854. The molecule has 6 heteroatoms. The molecule has 3 rings (SSSR count). The van der Waals surface area contributed by atoms with Gasteiger partial charge < -0.3 is 5.73 Å². The van der Waals surface area contributed by atoms with Gasteiger partial charge in [-0.15, -0.1) is 0 Å². The Morgan fingerprint density at radius 3 is 2.40 bits per heavy atom. The number of anilines is 1. The second-order valence-electron chi connectivity index (χ2n) is 5.89. The number of hydrogen-bond acceptors (Lipinski definition) is 3. The van der Waals surface area contributed by atoms with Crippen molar-refractivity contribution in [2.75, 3.05) is 18.8 Å². The number of hydrogen-bond donors (Lipinski definition) is 1. The molecule has 1 aliphatic carbocycles. The van der Waals surface area contributed by atoms with Crippen LogP contribution < -0.4 is 5.73 Å². The molecule has 0 radical (unpaired) electrons. The molecule has 2 atom stereocenters. The highest BCUT2D eigenvalue weighted by atomic mass is 35.5. The normalized spacial score (nSPS) is 26.9. The van der Waals surface area contributed by atoms with Gasteiger partial charge in [-0.05, 0) is 49.3 Å². The standard InChI is InChI=1S/C14H19ClN2O2S/c1-9-13(15)5-12(6-14(9)16)20(18,19)17-7-10-3-2-4-11(10)8-17/h5-6,10-11H,2-4,7-8,16H2,1H3. The summed E-state index contributed by atoms with van der Waals surface area (Å²) in [5, 5.41) is 0.406. The summed E-state index contributed by atoms with van der Waals surface area (Å²) >= 11 is 6.06. The first-order valence-corrected chi connectivity index (χ1v) is 8.77. The van der Waals surface area contributed by atoms with Crippen molar-refractivity contribution in [3.63, 3.8) is 0 Å². The van der Waals surface area contributed by atoms with Crippen LogP contribution in [0.1, 0.15) is 24.8 Å². The Morgan fingerprint density at radius 2 is 1.85 bits per heavy atom. The maximum Gasteiger partial charge on any atom is 0.243 e. The van der Waals surface area contributed by atoms with E-state index >= 15 is 0 Å². The maximum absolute atomic E-state index is 12.7. The second-order valence-corrected chi connectivity index (χ2v) is 8.24. The molecule has 2 N–H and O–H groups in total. The lowest BCUT2D eigenvalue weighted by atomic mass is 10.0. The SMILES string of the molecule is Cc1c(N)cc(S(=O)(=O)N2CC3CCCC3C2)cc1Cl. The van der Waals surface area contributed by atoms with Crippen LogP contribution in [-0.2, 0) is 10.0 Å². The first kappa shape index (κ1) is 14.2. The molecule has 1 aliphatic heterocycles. The zero-order chi connectivity index (χ0) is 14.5. The van der Waals surface area contributed by atoms with Gasteiger partial charge in [0.15, 0.2) is 0 Å². The molecule has 1 heterocycles. The smallest absolute Gasteiger partial charge is 0.243 e. The lowest BCUT2D eigenvalue weighted by Gasteiger charge is -2.18. The largest absolute Gasteiger partial charge is 0.398 e. The molecule has 2 fully saturated rings. The molecule has 0 amide bonds. The Hall–Kier alpha value is -0.780. The van der Waals surface area contributed by atoms with Gasteiger partial charge in [-0.3, -0.25) is 0 Å². The third-order valence-corrected chi connectivity index (χ3v) is 6.89. The summed E-state index contributed by atoms with van der Waals surface area (Å²) < 4.78 is 27.0. The molecule has 1 saturated heterocycles. The summed E-state index contributed by atoms with van der Waals surface area (Å²) in [6.45, 7) is 3.06. The van der Waals surface area contributed by atoms with E-state index in [2.05, 4.69) is 0 Å². The van der Waals surface area contributed by atoms with E-state index in [4.69, 9.17) is 17.3 Å². The molecule has 4 nitrogen and oxygen atoms in total. The number of halogens is 1. The summed E-state index contributed by atoms with van der Waals surface area (Å²) in [4.78, 5) is 0.213. The maximum atomic E-state index is 12.7. The molecule has 0 aromatic heterocycles. The lowest BCUT2D eigenvalue weighted by Crippen LogP contribution is -2.29. The number of sulfonamides is 1. The molecule has 0 spiro atoms. The molecule has 1 saturated carbocycles. The predicted molar refractivity (Wildman–Crippen MR) is 80.2 cm³/mol. The van der Waals surface area contributed by atoms with E-state index in [1.807, 2.05) is 0 Å². The van der Waals surface area contributed by atoms with Gasteiger partial charge in [0.25, 0.3) is 0 Å². The predicted octanol–water partition coefficient (Wildman–Crippen LogP) is 2.65. The van der Waals surface area contributed by atoms with E-state index in [0.717, 1.165) is 18.4 Å². The van der Waals surface area contributed by atoms with Crippen molar-refractivity contribution in [2.24, 2.45) is 11.8 Å². The van der Waals surface area contributed by atoms with Crippen molar-refractivity contribution in [3.8, 4) is 0 Å². The molecule has 1 aromatic carbocycles. The minimum atomic E-state index is -3.47. The van der Waals surface area contributed by atoms with Gasteiger partial charge in [0.05, 0.1) is 4.90 Å². The van der Waals surface area contributed by atoms with Crippen molar-refractivity contribution in [2.45, 2.75) is 31.1 Å². The number of nitrogens with zero attached hydrogens (tertiary/aromatic N) is 1. The third-order valence-electron chi connectivity index (χ3n) is 4.69. The summed E-state index contributed by atoms with van der Waals surface area (Å²) in [7, 11) is -3.47. The van der Waals surface area contributed by atoms with E-state index in [0.29, 0.717) is 35.6 Å². The Kier molecular flexibility index (Phi) is 3.47. The third kappa shape index (κ3) is 2.22. The number of nitrogens with two attached hydrogens (primary N) is 1. The topological polar surface area (TPSA) is 63.4 Å². The minimum absolute atomic E-state index is 0.213. The molecule has 2 unspecified atom stereocenters. The Balaban J connectivity index is 1.93. The van der Waals surface area contributed by atoms with Crippen LogP contribution in [0.15, 0.2) is 17.0 Å². The zero-order valence-electron chi connectivity index (χ0n) is 11.5. The van der Waals surface area contributed by atoms with Gasteiger partial charge in [0.2, 0.25) is 10.0 Å². The second kappa shape index (κ2) is 4.90. The van der Waals surface area contributed by atoms with E-state index in [1.54, 1.807) is 11.2 Å². The summed E-state index contributed by atoms with van der Waals surface area (Å²) in [5.74, 6) is 1.06. The van der Waals surface area contributed by atoms with Gasteiger partial charge in [0.1, 0.15) is 0 Å². The molecule has 2 aliphatic rings. The van der Waals surface area contributed by atoms with E-state index in [9.17, 15) is 8.42 Å². The van der Waals surface area contributed by atoms with Crippen LogP contribution in [0.2, 0.25) is 5.02 Å². The number of benzene rings is 1. The van der Waals surface area contributed by atoms with Crippen LogP contribution in [0.25, 0.3) is 0 Å². The van der Waals surface area contributed by atoms with Crippen LogP contribution in [0.3, 0.4) is 0 Å². The van der Waals surface area contributed by atoms with Gasteiger partial charge >= 0.3 is 0 Å². The average Bonchev–Trinajstić information content (AvgIpc) is 2.95. The van der Waals surface area contributed by atoms with Crippen molar-refractivity contribution < 1.29 is 8.42 Å². The molecule has 20 heavy (non-hydrogen) atoms. The van der Waals surface area contributed by atoms with E-state index in [-0.39, 0.29) is 4.90 Å². The first-order chi connectivity index (χ1) is 9.39. The molecule has 0 bridgehead atoms. The Bertz CT molecular complexity index is 610. The molecule has 110 valence electrons. The summed E-state index contributed by atoms with van der Waals surface area (Å²) in [5.41, 5.74) is 6.99. The van der Waals surface area contributed by atoms with Crippen molar-refractivity contribution in [3.05, 3.63) is 22.7 Å². The highest BCUT2D eigenvalue weighted by Gasteiger charge is 2.41. The highest BCUT2D eigenvalue weighted by Crippen LogP contribution is 2.40. The van der Waals surface area contributed by atoms with Gasteiger partial charge in [-0.25, -0.2) is 8.42 Å². The van der Waals surface area contributed by atoms with E-state index in [1.165, 1.54) is 18.6 Å². The van der Waals surface area contributed by atoms with Crippen molar-refractivity contribution in [1.82, 2.24) is 4.31 Å². The first-order valence-electron chi connectivity index (χ1n) is 6.95. The molecular formula is C14H19ClN2O2S. The van der Waals surface area contributed by atoms with Gasteiger partial charge in [-0.1, -0.05) is 18.0 Å². The van der Waals surface area contributed by atoms with Gasteiger partial charge in [-0.2, -0.15) is 4.31 Å². The van der Waals surface area contributed by atoms with Crippen LogP contribution in [0.5, 0.6) is 0 Å². The Labute approximate surface area is 125 Å². The minimum Gasteiger partial charge on any atom is -0.398 e. The number of rotatable bonds is 2. The van der Waals surface area contributed by atoms with Crippen LogP contribution in [0, 0.1) is 18.8 Å². The Morgan fingerprint density at radius 1 is 1.25 bits per heavy atom. The highest BCUT2D eigenvalue weighted by molar-refractivity contribution is 7.89. The summed E-state index contributed by atoms with van der Waals surface area (Å²) in [6.07, 6.45) is 3.52. The van der Waals surface area contributed by atoms with Crippen molar-refractivity contribution in [1.29, 1.82) is 0 Å². The average molecular weight is 315 g/mol. The molecule has 1 aromatic rings. The number of fused-ring (bicyclic) bond motifs is 1. The summed E-state index contributed by atoms with van der Waals surface area (Å²) in [6, 6.07) is 3.03. The van der Waals surface area contributed by atoms with E-state index < -0.39 is 10.0 Å². The zero-order valence-corrected chi connectivity index (χ0v) is 13.0. The molecular weight excluding hydrogens is 296 g/mol. The van der Waals surface area contributed by atoms with Crippen molar-refractivity contribution >= 4 is 27.3 Å². The lowest BCUT2D eigenvalue weighted by molar-refractivity contribution is 0.445. The number of nitrogen functional groups attached to an aromatic ring is 1. The van der Waals surface area contributed by atoms with Crippen LogP contribution in [0.4, 0.5) is 5.69 Å².